The van der Waals surface area contributed by atoms with E-state index < -0.39 is 5.82 Å². The number of anilines is 1. The number of aryl methyl sites for hydroxylation is 1. The molecule has 2 aliphatic rings. The number of carbonyl (C=O) groups is 2. The first-order chi connectivity index (χ1) is 11.5. The van der Waals surface area contributed by atoms with Crippen LogP contribution in [0.15, 0.2) is 18.2 Å². The number of nitrogens with zero attached hydrogens (tertiary/aromatic N) is 2. The minimum absolute atomic E-state index is 0.0188. The van der Waals surface area contributed by atoms with Gasteiger partial charge < -0.3 is 9.80 Å². The molecule has 1 saturated heterocycles. The predicted octanol–water partition coefficient (Wildman–Crippen LogP) is 3.28. The van der Waals surface area contributed by atoms with Gasteiger partial charge in [-0.3, -0.25) is 9.59 Å². The molecule has 1 unspecified atom stereocenters. The summed E-state index contributed by atoms with van der Waals surface area (Å²) >= 11 is 0. The van der Waals surface area contributed by atoms with Crippen LogP contribution in [0.25, 0.3) is 0 Å². The average Bonchev–Trinajstić information content (AvgIpc) is 2.96. The van der Waals surface area contributed by atoms with E-state index in [9.17, 15) is 14.0 Å². The van der Waals surface area contributed by atoms with E-state index in [0.29, 0.717) is 0 Å². The second-order valence-electron chi connectivity index (χ2n) is 7.10. The Morgan fingerprint density at radius 1 is 1.25 bits per heavy atom. The summed E-state index contributed by atoms with van der Waals surface area (Å²) in [7, 11) is 1.85. The molecule has 0 spiro atoms. The van der Waals surface area contributed by atoms with Gasteiger partial charge in [-0.25, -0.2) is 4.39 Å². The van der Waals surface area contributed by atoms with Gasteiger partial charge in [0.25, 0.3) is 0 Å². The van der Waals surface area contributed by atoms with E-state index in [2.05, 4.69) is 0 Å². The molecule has 4 nitrogen and oxygen atoms in total. The number of halogens is 1. The van der Waals surface area contributed by atoms with Crippen LogP contribution in [-0.2, 0) is 9.59 Å². The largest absolute Gasteiger partial charge is 0.342 e. The maximum Gasteiger partial charge on any atom is 0.228 e. The van der Waals surface area contributed by atoms with Crippen molar-refractivity contribution >= 4 is 17.5 Å². The number of rotatable bonds is 3. The summed E-state index contributed by atoms with van der Waals surface area (Å²) in [5.74, 6) is -0.930. The maximum absolute atomic E-state index is 14.2. The van der Waals surface area contributed by atoms with E-state index in [4.69, 9.17) is 0 Å². The SMILES string of the molecule is Cc1ccc(N2CC(C(=O)N(C)C3CCCCC3)CC2=O)c(F)c1. The number of benzene rings is 1. The second kappa shape index (κ2) is 6.91. The molecule has 0 aromatic heterocycles. The van der Waals surface area contributed by atoms with E-state index >= 15 is 0 Å². The maximum atomic E-state index is 14.2. The molecule has 0 N–H and O–H groups in total. The highest BCUT2D eigenvalue weighted by atomic mass is 19.1. The monoisotopic (exact) mass is 332 g/mol. The molecule has 1 saturated carbocycles. The molecule has 2 amide bonds. The Bertz CT molecular complexity index is 640. The highest BCUT2D eigenvalue weighted by molar-refractivity contribution is 6.00. The fourth-order valence-electron chi connectivity index (χ4n) is 3.87. The molecule has 1 heterocycles. The quantitative estimate of drug-likeness (QED) is 0.852. The molecule has 5 heteroatoms. The molecule has 3 rings (SSSR count). The van der Waals surface area contributed by atoms with Gasteiger partial charge in [-0.15, -0.1) is 0 Å². The van der Waals surface area contributed by atoms with Crippen LogP contribution in [0.4, 0.5) is 10.1 Å². The van der Waals surface area contributed by atoms with Crippen LogP contribution < -0.4 is 4.90 Å². The second-order valence-corrected chi connectivity index (χ2v) is 7.10. The number of hydrogen-bond acceptors (Lipinski definition) is 2. The summed E-state index contributed by atoms with van der Waals surface area (Å²) < 4.78 is 14.2. The van der Waals surface area contributed by atoms with Crippen LogP contribution in [0.2, 0.25) is 0 Å². The van der Waals surface area contributed by atoms with Crippen molar-refractivity contribution in [3.05, 3.63) is 29.6 Å². The van der Waals surface area contributed by atoms with Gasteiger partial charge in [-0.2, -0.15) is 0 Å². The third-order valence-electron chi connectivity index (χ3n) is 5.34. The average molecular weight is 332 g/mol. The van der Waals surface area contributed by atoms with Crippen molar-refractivity contribution in [2.45, 2.75) is 51.5 Å². The van der Waals surface area contributed by atoms with Crippen LogP contribution in [0.5, 0.6) is 0 Å². The third kappa shape index (κ3) is 3.30. The Hall–Kier alpha value is -1.91. The van der Waals surface area contributed by atoms with Crippen molar-refractivity contribution in [3.63, 3.8) is 0 Å². The lowest BCUT2D eigenvalue weighted by atomic mass is 9.93. The zero-order valence-corrected chi connectivity index (χ0v) is 14.4. The Morgan fingerprint density at radius 3 is 2.62 bits per heavy atom. The smallest absolute Gasteiger partial charge is 0.228 e. The lowest BCUT2D eigenvalue weighted by Crippen LogP contribution is -2.42. The third-order valence-corrected chi connectivity index (χ3v) is 5.34. The molecule has 0 radical (unpaired) electrons. The van der Waals surface area contributed by atoms with E-state index in [0.717, 1.165) is 31.2 Å². The predicted molar refractivity (Wildman–Crippen MR) is 91.2 cm³/mol. The summed E-state index contributed by atoms with van der Waals surface area (Å²) in [6, 6.07) is 5.12. The molecular weight excluding hydrogens is 307 g/mol. The van der Waals surface area contributed by atoms with Crippen LogP contribution in [-0.4, -0.2) is 36.3 Å². The van der Waals surface area contributed by atoms with Gasteiger partial charge in [0.1, 0.15) is 5.82 Å². The summed E-state index contributed by atoms with van der Waals surface area (Å²) in [5, 5.41) is 0. The molecule has 1 atom stereocenters. The first-order valence-corrected chi connectivity index (χ1v) is 8.80. The van der Waals surface area contributed by atoms with Crippen molar-refractivity contribution < 1.29 is 14.0 Å². The Kier molecular flexibility index (Phi) is 4.88. The van der Waals surface area contributed by atoms with E-state index in [-0.39, 0.29) is 42.4 Å². The minimum Gasteiger partial charge on any atom is -0.342 e. The standard InChI is InChI=1S/C19H25FN2O2/c1-13-8-9-17(16(20)10-13)22-12-14(11-18(22)23)19(24)21(2)15-6-4-3-5-7-15/h8-10,14-15H,3-7,11-12H2,1-2H3. The molecular formula is C19H25FN2O2. The summed E-state index contributed by atoms with van der Waals surface area (Å²) in [5.41, 5.74) is 1.09. The lowest BCUT2D eigenvalue weighted by molar-refractivity contribution is -0.137. The molecule has 1 aromatic rings. The van der Waals surface area contributed by atoms with Crippen LogP contribution in [0.1, 0.15) is 44.1 Å². The summed E-state index contributed by atoms with van der Waals surface area (Å²) in [6.45, 7) is 2.08. The van der Waals surface area contributed by atoms with Crippen LogP contribution in [0.3, 0.4) is 0 Å². The highest BCUT2D eigenvalue weighted by Gasteiger charge is 2.38. The fraction of sp³-hybridized carbons (Fsp3) is 0.579. The first-order valence-electron chi connectivity index (χ1n) is 8.80. The Morgan fingerprint density at radius 2 is 1.96 bits per heavy atom. The van der Waals surface area contributed by atoms with Gasteiger partial charge >= 0.3 is 0 Å². The van der Waals surface area contributed by atoms with Crippen molar-refractivity contribution in [1.82, 2.24) is 4.90 Å². The number of amides is 2. The van der Waals surface area contributed by atoms with Gasteiger partial charge in [-0.05, 0) is 37.5 Å². The highest BCUT2D eigenvalue weighted by Crippen LogP contribution is 2.30. The molecule has 24 heavy (non-hydrogen) atoms. The van der Waals surface area contributed by atoms with Crippen LogP contribution in [0, 0.1) is 18.7 Å². The Balaban J connectivity index is 1.70. The van der Waals surface area contributed by atoms with E-state index in [1.54, 1.807) is 12.1 Å². The molecule has 1 aliphatic heterocycles. The van der Waals surface area contributed by atoms with Crippen molar-refractivity contribution in [2.24, 2.45) is 5.92 Å². The lowest BCUT2D eigenvalue weighted by Gasteiger charge is -2.32. The normalized spacial score (nSPS) is 22.0. The molecule has 1 aromatic carbocycles. The fourth-order valence-corrected chi connectivity index (χ4v) is 3.87. The zero-order valence-electron chi connectivity index (χ0n) is 14.4. The number of hydrogen-bond donors (Lipinski definition) is 0. The minimum atomic E-state index is -0.405. The first kappa shape index (κ1) is 16.9. The van der Waals surface area contributed by atoms with E-state index in [1.807, 2.05) is 18.9 Å². The van der Waals surface area contributed by atoms with Crippen molar-refractivity contribution in [1.29, 1.82) is 0 Å². The molecule has 2 fully saturated rings. The topological polar surface area (TPSA) is 40.6 Å². The van der Waals surface area contributed by atoms with Crippen molar-refractivity contribution in [3.8, 4) is 0 Å². The molecule has 130 valence electrons. The van der Waals surface area contributed by atoms with E-state index in [1.165, 1.54) is 17.4 Å². The van der Waals surface area contributed by atoms with Crippen LogP contribution >= 0.6 is 0 Å². The zero-order chi connectivity index (χ0) is 17.3. The van der Waals surface area contributed by atoms with Gasteiger partial charge in [0, 0.05) is 26.1 Å². The Labute approximate surface area is 142 Å². The van der Waals surface area contributed by atoms with Gasteiger partial charge in [0.15, 0.2) is 0 Å². The van der Waals surface area contributed by atoms with Gasteiger partial charge in [-0.1, -0.05) is 25.3 Å². The molecule has 0 bridgehead atoms. The number of carbonyl (C=O) groups excluding carboxylic acids is 2. The molecule has 1 aliphatic carbocycles. The summed E-state index contributed by atoms with van der Waals surface area (Å²) in [6.07, 6.45) is 5.81. The van der Waals surface area contributed by atoms with Crippen molar-refractivity contribution in [2.75, 3.05) is 18.5 Å². The van der Waals surface area contributed by atoms with Gasteiger partial charge in [0.2, 0.25) is 11.8 Å². The summed E-state index contributed by atoms with van der Waals surface area (Å²) in [4.78, 5) is 28.3. The van der Waals surface area contributed by atoms with Gasteiger partial charge in [0.05, 0.1) is 11.6 Å².